The Morgan fingerprint density at radius 2 is 1.80 bits per heavy atom. The number of imide groups is 1. The number of nitrogens with one attached hydrogen (secondary N) is 1. The number of aromatic nitrogens is 2. The molecule has 0 radical (unpaired) electrons. The molecule has 2 heterocycles. The van der Waals surface area contributed by atoms with Gasteiger partial charge in [0.15, 0.2) is 0 Å². The number of carbonyl (C=O) groups is 3. The van der Waals surface area contributed by atoms with E-state index in [1.165, 1.54) is 24.3 Å². The Bertz CT molecular complexity index is 1100. The van der Waals surface area contributed by atoms with Gasteiger partial charge < -0.3 is 5.11 Å². The van der Waals surface area contributed by atoms with Gasteiger partial charge in [-0.15, -0.1) is 11.8 Å². The van der Waals surface area contributed by atoms with E-state index in [-0.39, 0.29) is 28.7 Å². The standard InChI is InChI=1S/C18H18N4O6S2/c1-10-7-11(2)20-18(19-10)21-30(27,28)13-5-3-12(4-6-13)22-15(23)8-14(17(22)26)29-9-16(24)25/h3-7,14H,8-9H2,1-2H3,(H,24,25)(H,19,20,21). The van der Waals surface area contributed by atoms with E-state index in [4.69, 9.17) is 5.11 Å². The van der Waals surface area contributed by atoms with Gasteiger partial charge in [0.2, 0.25) is 17.8 Å². The maximum absolute atomic E-state index is 12.6. The van der Waals surface area contributed by atoms with Gasteiger partial charge in [0.1, 0.15) is 0 Å². The van der Waals surface area contributed by atoms with Crippen molar-refractivity contribution in [3.8, 4) is 0 Å². The summed E-state index contributed by atoms with van der Waals surface area (Å²) in [4.78, 5) is 44.3. The molecule has 10 nitrogen and oxygen atoms in total. The lowest BCUT2D eigenvalue weighted by Crippen LogP contribution is -2.31. The Labute approximate surface area is 176 Å². The molecule has 1 aliphatic rings. The summed E-state index contributed by atoms with van der Waals surface area (Å²) in [7, 11) is -3.98. The Hall–Kier alpha value is -2.99. The highest BCUT2D eigenvalue weighted by Gasteiger charge is 2.40. The van der Waals surface area contributed by atoms with E-state index in [1.54, 1.807) is 19.9 Å². The maximum atomic E-state index is 12.6. The summed E-state index contributed by atoms with van der Waals surface area (Å²) >= 11 is 0.882. The van der Waals surface area contributed by atoms with Crippen LogP contribution in [0.3, 0.4) is 0 Å². The van der Waals surface area contributed by atoms with Crippen LogP contribution < -0.4 is 9.62 Å². The SMILES string of the molecule is Cc1cc(C)nc(NS(=O)(=O)c2ccc(N3C(=O)CC(SCC(=O)O)C3=O)cc2)n1. The summed E-state index contributed by atoms with van der Waals surface area (Å²) in [5.41, 5.74) is 1.43. The molecular formula is C18H18N4O6S2. The number of nitrogens with zero attached hydrogens (tertiary/aromatic N) is 3. The number of rotatable bonds is 7. The van der Waals surface area contributed by atoms with Crippen LogP contribution in [0.5, 0.6) is 0 Å². The van der Waals surface area contributed by atoms with Crippen molar-refractivity contribution in [2.24, 2.45) is 0 Å². The molecule has 158 valence electrons. The predicted octanol–water partition coefficient (Wildman–Crippen LogP) is 1.34. The van der Waals surface area contributed by atoms with E-state index in [0.717, 1.165) is 16.7 Å². The van der Waals surface area contributed by atoms with Crippen molar-refractivity contribution >= 4 is 51.2 Å². The highest BCUT2D eigenvalue weighted by atomic mass is 32.2. The summed E-state index contributed by atoms with van der Waals surface area (Å²) < 4.78 is 27.5. The second-order valence-corrected chi connectivity index (χ2v) is 9.41. The van der Waals surface area contributed by atoms with Crippen LogP contribution in [-0.2, 0) is 24.4 Å². The molecule has 1 unspecified atom stereocenters. The smallest absolute Gasteiger partial charge is 0.313 e. The number of thioether (sulfide) groups is 1. The molecule has 1 saturated heterocycles. The third-order valence-electron chi connectivity index (χ3n) is 4.13. The van der Waals surface area contributed by atoms with Gasteiger partial charge in [-0.05, 0) is 44.2 Å². The Balaban J connectivity index is 1.78. The van der Waals surface area contributed by atoms with Crippen LogP contribution in [0.1, 0.15) is 17.8 Å². The van der Waals surface area contributed by atoms with Gasteiger partial charge >= 0.3 is 5.97 Å². The van der Waals surface area contributed by atoms with Crippen LogP contribution in [0.2, 0.25) is 0 Å². The van der Waals surface area contributed by atoms with E-state index in [2.05, 4.69) is 14.7 Å². The summed E-state index contributed by atoms with van der Waals surface area (Å²) in [6, 6.07) is 6.92. The molecule has 2 amide bonds. The molecular weight excluding hydrogens is 432 g/mol. The van der Waals surface area contributed by atoms with Gasteiger partial charge in [0, 0.05) is 17.8 Å². The minimum atomic E-state index is -3.98. The summed E-state index contributed by atoms with van der Waals surface area (Å²) in [5.74, 6) is -2.42. The molecule has 2 aromatic rings. The fourth-order valence-corrected chi connectivity index (χ4v) is 4.70. The molecule has 0 bridgehead atoms. The number of carboxylic acid groups (broad SMARTS) is 1. The second kappa shape index (κ2) is 8.40. The first-order valence-corrected chi connectivity index (χ1v) is 11.3. The number of anilines is 2. The Kier molecular flexibility index (Phi) is 6.08. The number of benzene rings is 1. The highest BCUT2D eigenvalue weighted by Crippen LogP contribution is 2.30. The molecule has 2 N–H and O–H groups in total. The molecule has 3 rings (SSSR count). The quantitative estimate of drug-likeness (QED) is 0.596. The minimum Gasteiger partial charge on any atom is -0.481 e. The zero-order chi connectivity index (χ0) is 22.1. The van der Waals surface area contributed by atoms with Crippen LogP contribution in [0, 0.1) is 13.8 Å². The molecule has 1 fully saturated rings. The average Bonchev–Trinajstić information content (AvgIpc) is 2.92. The van der Waals surface area contributed by atoms with E-state index in [9.17, 15) is 22.8 Å². The van der Waals surface area contributed by atoms with Crippen molar-refractivity contribution in [3.05, 3.63) is 41.7 Å². The number of hydrogen-bond acceptors (Lipinski definition) is 8. The van der Waals surface area contributed by atoms with Gasteiger partial charge in [-0.1, -0.05) is 0 Å². The summed E-state index contributed by atoms with van der Waals surface area (Å²) in [6.45, 7) is 3.43. The number of aryl methyl sites for hydroxylation is 2. The van der Waals surface area contributed by atoms with Crippen LogP contribution in [-0.4, -0.2) is 52.3 Å². The van der Waals surface area contributed by atoms with Gasteiger partial charge in [-0.2, -0.15) is 0 Å². The molecule has 30 heavy (non-hydrogen) atoms. The molecule has 1 atom stereocenters. The number of carbonyl (C=O) groups excluding carboxylic acids is 2. The van der Waals surface area contributed by atoms with Crippen molar-refractivity contribution in [1.29, 1.82) is 0 Å². The van der Waals surface area contributed by atoms with Crippen molar-refractivity contribution in [2.45, 2.75) is 30.4 Å². The lowest BCUT2D eigenvalue weighted by Gasteiger charge is -2.15. The number of carboxylic acids is 1. The number of sulfonamides is 1. The third kappa shape index (κ3) is 4.76. The van der Waals surface area contributed by atoms with Crippen molar-refractivity contribution in [3.63, 3.8) is 0 Å². The van der Waals surface area contributed by atoms with Gasteiger partial charge in [0.05, 0.1) is 21.6 Å². The van der Waals surface area contributed by atoms with E-state index in [0.29, 0.717) is 11.4 Å². The fraction of sp³-hybridized carbons (Fsp3) is 0.278. The van der Waals surface area contributed by atoms with Gasteiger partial charge in [0.25, 0.3) is 10.0 Å². The monoisotopic (exact) mass is 450 g/mol. The van der Waals surface area contributed by atoms with Gasteiger partial charge in [-0.25, -0.2) is 28.0 Å². The first kappa shape index (κ1) is 21.7. The predicted molar refractivity (Wildman–Crippen MR) is 110 cm³/mol. The number of amides is 2. The van der Waals surface area contributed by atoms with Crippen molar-refractivity contribution < 1.29 is 27.9 Å². The van der Waals surface area contributed by atoms with Crippen molar-refractivity contribution in [2.75, 3.05) is 15.4 Å². The topological polar surface area (TPSA) is 147 Å². The lowest BCUT2D eigenvalue weighted by molar-refractivity contribution is -0.134. The fourth-order valence-electron chi connectivity index (χ4n) is 2.90. The van der Waals surface area contributed by atoms with Crippen LogP contribution in [0.4, 0.5) is 11.6 Å². The molecule has 0 aliphatic carbocycles. The average molecular weight is 450 g/mol. The largest absolute Gasteiger partial charge is 0.481 e. The molecule has 0 saturated carbocycles. The maximum Gasteiger partial charge on any atom is 0.313 e. The van der Waals surface area contributed by atoms with E-state index < -0.39 is 33.1 Å². The molecule has 1 aromatic heterocycles. The Morgan fingerprint density at radius 3 is 2.37 bits per heavy atom. The molecule has 1 aromatic carbocycles. The van der Waals surface area contributed by atoms with E-state index >= 15 is 0 Å². The molecule has 12 heteroatoms. The zero-order valence-corrected chi connectivity index (χ0v) is 17.7. The highest BCUT2D eigenvalue weighted by molar-refractivity contribution is 8.01. The minimum absolute atomic E-state index is 0.0558. The number of hydrogen-bond donors (Lipinski definition) is 2. The zero-order valence-electron chi connectivity index (χ0n) is 16.0. The van der Waals surface area contributed by atoms with Crippen molar-refractivity contribution in [1.82, 2.24) is 9.97 Å². The van der Waals surface area contributed by atoms with Gasteiger partial charge in [-0.3, -0.25) is 14.4 Å². The van der Waals surface area contributed by atoms with Crippen LogP contribution >= 0.6 is 11.8 Å². The summed E-state index contributed by atoms with van der Waals surface area (Å²) in [6.07, 6.45) is -0.109. The first-order chi connectivity index (χ1) is 14.1. The first-order valence-electron chi connectivity index (χ1n) is 8.72. The molecule has 1 aliphatic heterocycles. The van der Waals surface area contributed by atoms with E-state index in [1.807, 2.05) is 0 Å². The molecule has 0 spiro atoms. The summed E-state index contributed by atoms with van der Waals surface area (Å²) in [5, 5.41) is 7.97. The lowest BCUT2D eigenvalue weighted by atomic mass is 10.3. The van der Waals surface area contributed by atoms with Crippen LogP contribution in [0.15, 0.2) is 35.2 Å². The normalized spacial score (nSPS) is 16.7. The van der Waals surface area contributed by atoms with Crippen LogP contribution in [0.25, 0.3) is 0 Å². The second-order valence-electron chi connectivity index (χ2n) is 6.54. The number of aliphatic carboxylic acids is 1. The third-order valence-corrected chi connectivity index (χ3v) is 6.65. The Morgan fingerprint density at radius 1 is 1.20 bits per heavy atom.